The molecule has 0 radical (unpaired) electrons. The molecular formula is C37H40F3N3O4S. The summed E-state index contributed by atoms with van der Waals surface area (Å²) in [4.78, 5) is 29.6. The SMILES string of the molecule is Cc1ccc(S(=O)(=O)N(CC(=O)N(Cc2cccc(C)c2)C(Cc2ccccc2)C(=O)NC(C)(C)C)c2cccc(C(F)(F)F)c2)cc1. The van der Waals surface area contributed by atoms with Crippen LogP contribution in [0.3, 0.4) is 0 Å². The molecule has 0 aliphatic heterocycles. The fraction of sp³-hybridized carbons (Fsp3) is 0.297. The van der Waals surface area contributed by atoms with Gasteiger partial charge < -0.3 is 10.2 Å². The van der Waals surface area contributed by atoms with Crippen LogP contribution < -0.4 is 9.62 Å². The Morgan fingerprint density at radius 2 is 1.40 bits per heavy atom. The molecule has 0 bridgehead atoms. The van der Waals surface area contributed by atoms with E-state index >= 15 is 0 Å². The van der Waals surface area contributed by atoms with Crippen LogP contribution in [0.5, 0.6) is 0 Å². The molecule has 0 spiro atoms. The Labute approximate surface area is 280 Å². The Kier molecular flexibility index (Phi) is 11.0. The summed E-state index contributed by atoms with van der Waals surface area (Å²) in [6.45, 7) is 8.15. The number of nitrogens with one attached hydrogen (secondary N) is 1. The molecule has 0 fully saturated rings. The summed E-state index contributed by atoms with van der Waals surface area (Å²) in [6.07, 6.45) is -4.66. The summed E-state index contributed by atoms with van der Waals surface area (Å²) in [5, 5.41) is 2.95. The van der Waals surface area contributed by atoms with Gasteiger partial charge in [-0.3, -0.25) is 13.9 Å². The largest absolute Gasteiger partial charge is 0.416 e. The number of amides is 2. The molecule has 0 aliphatic carbocycles. The fourth-order valence-corrected chi connectivity index (χ4v) is 6.62. The molecule has 48 heavy (non-hydrogen) atoms. The summed E-state index contributed by atoms with van der Waals surface area (Å²) < 4.78 is 70.4. The normalized spacial score (nSPS) is 12.7. The number of hydrogen-bond acceptors (Lipinski definition) is 4. The standard InChI is InChI=1S/C37H40F3N3O4S/c1-26-17-19-32(20-18-26)48(46,47)43(31-16-10-15-30(23-31)37(38,39)40)25-34(44)42(24-29-14-9-11-27(2)21-29)33(35(45)41-36(3,4)5)22-28-12-7-6-8-13-28/h6-21,23,33H,22,24-25H2,1-5H3,(H,41,45). The van der Waals surface area contributed by atoms with Crippen molar-refractivity contribution < 1.29 is 31.2 Å². The number of benzene rings is 4. The lowest BCUT2D eigenvalue weighted by molar-refractivity contribution is -0.140. The second-order valence-corrected chi connectivity index (χ2v) is 14.7. The minimum Gasteiger partial charge on any atom is -0.350 e. The molecule has 4 rings (SSSR count). The zero-order valence-corrected chi connectivity index (χ0v) is 28.4. The summed E-state index contributed by atoms with van der Waals surface area (Å²) in [7, 11) is -4.56. The zero-order valence-electron chi connectivity index (χ0n) is 27.6. The number of sulfonamides is 1. The van der Waals surface area contributed by atoms with Crippen LogP contribution in [0.1, 0.15) is 48.6 Å². The van der Waals surface area contributed by atoms with Crippen molar-refractivity contribution in [3.05, 3.63) is 131 Å². The van der Waals surface area contributed by atoms with Crippen molar-refractivity contribution in [2.45, 2.75) is 70.2 Å². The minimum atomic E-state index is -4.76. The lowest BCUT2D eigenvalue weighted by Crippen LogP contribution is -2.56. The van der Waals surface area contributed by atoms with Crippen LogP contribution in [-0.2, 0) is 38.8 Å². The van der Waals surface area contributed by atoms with Gasteiger partial charge in [-0.05, 0) is 76.1 Å². The number of nitrogens with zero attached hydrogens (tertiary/aromatic N) is 2. The third kappa shape index (κ3) is 9.47. The highest BCUT2D eigenvalue weighted by Gasteiger charge is 2.37. The predicted molar refractivity (Wildman–Crippen MR) is 181 cm³/mol. The smallest absolute Gasteiger partial charge is 0.350 e. The number of alkyl halides is 3. The van der Waals surface area contributed by atoms with Crippen molar-refractivity contribution in [2.24, 2.45) is 0 Å². The maximum atomic E-state index is 14.5. The summed E-state index contributed by atoms with van der Waals surface area (Å²) >= 11 is 0. The molecule has 0 aliphatic rings. The molecule has 0 aromatic heterocycles. The average molecular weight is 680 g/mol. The van der Waals surface area contributed by atoms with Gasteiger partial charge in [0, 0.05) is 18.5 Å². The molecule has 4 aromatic carbocycles. The van der Waals surface area contributed by atoms with Crippen molar-refractivity contribution in [1.29, 1.82) is 0 Å². The van der Waals surface area contributed by atoms with Gasteiger partial charge >= 0.3 is 6.18 Å². The van der Waals surface area contributed by atoms with Crippen molar-refractivity contribution in [3.63, 3.8) is 0 Å². The zero-order chi connectivity index (χ0) is 35.3. The Hall–Kier alpha value is -4.64. The van der Waals surface area contributed by atoms with Crippen LogP contribution in [0.2, 0.25) is 0 Å². The van der Waals surface area contributed by atoms with Crippen LogP contribution in [0.15, 0.2) is 108 Å². The molecule has 0 saturated carbocycles. The molecule has 0 saturated heterocycles. The van der Waals surface area contributed by atoms with Crippen LogP contribution in [0.25, 0.3) is 0 Å². The lowest BCUT2D eigenvalue weighted by Gasteiger charge is -2.35. The quantitative estimate of drug-likeness (QED) is 0.184. The second kappa shape index (κ2) is 14.6. The maximum Gasteiger partial charge on any atom is 0.416 e. The van der Waals surface area contributed by atoms with E-state index in [1.54, 1.807) is 45.9 Å². The van der Waals surface area contributed by atoms with Crippen molar-refractivity contribution in [2.75, 3.05) is 10.8 Å². The van der Waals surface area contributed by atoms with E-state index in [1.165, 1.54) is 23.1 Å². The molecule has 1 N–H and O–H groups in total. The van der Waals surface area contributed by atoms with E-state index in [2.05, 4.69) is 5.32 Å². The highest BCUT2D eigenvalue weighted by atomic mass is 32.2. The Morgan fingerprint density at radius 3 is 2.00 bits per heavy atom. The van der Waals surface area contributed by atoms with Crippen LogP contribution in [0, 0.1) is 13.8 Å². The number of rotatable bonds is 11. The maximum absolute atomic E-state index is 14.5. The van der Waals surface area contributed by atoms with Crippen molar-refractivity contribution in [1.82, 2.24) is 10.2 Å². The van der Waals surface area contributed by atoms with E-state index in [0.717, 1.165) is 28.8 Å². The monoisotopic (exact) mass is 679 g/mol. The van der Waals surface area contributed by atoms with E-state index in [-0.39, 0.29) is 23.5 Å². The van der Waals surface area contributed by atoms with Gasteiger partial charge in [-0.1, -0.05) is 83.9 Å². The molecule has 4 aromatic rings. The van der Waals surface area contributed by atoms with Gasteiger partial charge in [-0.2, -0.15) is 13.2 Å². The van der Waals surface area contributed by atoms with E-state index in [9.17, 15) is 31.2 Å². The molecule has 254 valence electrons. The Bertz CT molecular complexity index is 1840. The molecule has 2 amide bonds. The van der Waals surface area contributed by atoms with Crippen LogP contribution in [0.4, 0.5) is 18.9 Å². The van der Waals surface area contributed by atoms with E-state index in [0.29, 0.717) is 15.9 Å². The Morgan fingerprint density at radius 1 is 0.771 bits per heavy atom. The van der Waals surface area contributed by atoms with E-state index in [1.807, 2.05) is 55.5 Å². The van der Waals surface area contributed by atoms with Crippen LogP contribution >= 0.6 is 0 Å². The van der Waals surface area contributed by atoms with Crippen molar-refractivity contribution >= 4 is 27.5 Å². The highest BCUT2D eigenvalue weighted by Crippen LogP contribution is 2.33. The first kappa shape index (κ1) is 36.2. The van der Waals surface area contributed by atoms with Gasteiger partial charge in [0.2, 0.25) is 11.8 Å². The van der Waals surface area contributed by atoms with Gasteiger partial charge in [0.1, 0.15) is 12.6 Å². The molecular weight excluding hydrogens is 639 g/mol. The van der Waals surface area contributed by atoms with Gasteiger partial charge in [0.05, 0.1) is 16.1 Å². The van der Waals surface area contributed by atoms with Gasteiger partial charge in [-0.25, -0.2) is 8.42 Å². The first-order valence-corrected chi connectivity index (χ1v) is 16.9. The molecule has 0 heterocycles. The summed E-state index contributed by atoms with van der Waals surface area (Å²) in [6, 6.07) is 25.0. The Balaban J connectivity index is 1.86. The first-order chi connectivity index (χ1) is 22.4. The number of aryl methyl sites for hydroxylation is 2. The molecule has 11 heteroatoms. The number of carbonyl (C=O) groups excluding carboxylic acids is 2. The highest BCUT2D eigenvalue weighted by molar-refractivity contribution is 7.92. The number of anilines is 1. The lowest BCUT2D eigenvalue weighted by atomic mass is 10.0. The van der Waals surface area contributed by atoms with Gasteiger partial charge in [0.15, 0.2) is 0 Å². The number of halogens is 3. The van der Waals surface area contributed by atoms with E-state index < -0.39 is 51.7 Å². The third-order valence-electron chi connectivity index (χ3n) is 7.55. The third-order valence-corrected chi connectivity index (χ3v) is 9.34. The van der Waals surface area contributed by atoms with Gasteiger partial charge in [0.25, 0.3) is 10.0 Å². The van der Waals surface area contributed by atoms with E-state index in [4.69, 9.17) is 0 Å². The number of hydrogen-bond donors (Lipinski definition) is 1. The molecule has 7 nitrogen and oxygen atoms in total. The summed E-state index contributed by atoms with van der Waals surface area (Å²) in [5.41, 5.74) is 1.06. The second-order valence-electron chi connectivity index (χ2n) is 12.8. The first-order valence-electron chi connectivity index (χ1n) is 15.4. The predicted octanol–water partition coefficient (Wildman–Crippen LogP) is 7.07. The average Bonchev–Trinajstić information content (AvgIpc) is 3.01. The van der Waals surface area contributed by atoms with Crippen LogP contribution in [-0.4, -0.2) is 43.3 Å². The fourth-order valence-electron chi connectivity index (χ4n) is 5.22. The van der Waals surface area contributed by atoms with Crippen molar-refractivity contribution in [3.8, 4) is 0 Å². The molecule has 1 atom stereocenters. The number of carbonyl (C=O) groups is 2. The summed E-state index contributed by atoms with van der Waals surface area (Å²) in [5.74, 6) is -1.23. The van der Waals surface area contributed by atoms with Gasteiger partial charge in [-0.15, -0.1) is 0 Å². The molecule has 1 unspecified atom stereocenters. The topological polar surface area (TPSA) is 86.8 Å². The minimum absolute atomic E-state index is 0.0589.